The van der Waals surface area contributed by atoms with Gasteiger partial charge in [-0.15, -0.1) is 0 Å². The van der Waals surface area contributed by atoms with Gasteiger partial charge in [0.05, 0.1) is 13.0 Å². The fraction of sp³-hybridized carbons (Fsp3) is 0.634. The summed E-state index contributed by atoms with van der Waals surface area (Å²) in [5.41, 5.74) is 0. The number of allylic oxidation sites excluding steroid dienone is 21. The average molecular weight is 1160 g/mol. The van der Waals surface area contributed by atoms with Crippen LogP contribution in [0.5, 0.6) is 0 Å². The predicted molar refractivity (Wildman–Crippen MR) is 340 cm³/mol. The van der Waals surface area contributed by atoms with E-state index in [-0.39, 0.29) is 25.9 Å². The maximum atomic E-state index is 13.1. The average Bonchev–Trinajstić information content (AvgIpc) is 3.60. The minimum atomic E-state index is -1.95. The fourth-order valence-electron chi connectivity index (χ4n) is 8.94. The normalized spacial score (nSPS) is 18.5. The molecular formula is C71H112O12. The highest BCUT2D eigenvalue weighted by Crippen LogP contribution is 2.26. The van der Waals surface area contributed by atoms with Crippen molar-refractivity contribution in [3.8, 4) is 0 Å². The van der Waals surface area contributed by atoms with Crippen molar-refractivity contribution in [3.05, 3.63) is 134 Å². The zero-order valence-electron chi connectivity index (χ0n) is 51.6. The van der Waals surface area contributed by atoms with Crippen molar-refractivity contribution in [2.24, 2.45) is 0 Å². The van der Waals surface area contributed by atoms with Gasteiger partial charge in [-0.2, -0.15) is 0 Å². The van der Waals surface area contributed by atoms with E-state index in [1.807, 2.05) is 36.5 Å². The molecule has 0 aromatic rings. The van der Waals surface area contributed by atoms with Crippen LogP contribution in [0.2, 0.25) is 0 Å². The molecular weight excluding hydrogens is 1040 g/mol. The summed E-state index contributed by atoms with van der Waals surface area (Å²) < 4.78 is 28.3. The van der Waals surface area contributed by atoms with Gasteiger partial charge in [0.25, 0.3) is 0 Å². The monoisotopic (exact) mass is 1160 g/mol. The number of aliphatic carboxylic acids is 1. The van der Waals surface area contributed by atoms with Crippen LogP contribution in [-0.4, -0.2) is 89.2 Å². The smallest absolute Gasteiger partial charge is 0.335 e. The van der Waals surface area contributed by atoms with Crippen LogP contribution >= 0.6 is 0 Å². The summed E-state index contributed by atoms with van der Waals surface area (Å²) in [4.78, 5) is 51.2. The van der Waals surface area contributed by atoms with Gasteiger partial charge in [-0.05, 0) is 83.5 Å². The first kappa shape index (κ1) is 75.9. The molecule has 1 aliphatic rings. The zero-order valence-corrected chi connectivity index (χ0v) is 51.6. The van der Waals surface area contributed by atoms with Crippen LogP contribution < -0.4 is 0 Å². The standard InChI is InChI=1S/C71H112O12/c1-4-7-10-13-16-19-22-25-28-30-32-34-37-39-42-45-48-51-54-57-63(72)79-60-62(81-64(73)58-55-52-49-46-43-40-36-27-24-21-18-15-12-9-6-3)61-80-71-69(67(76)66(75)68(83-71)70(77)78)82-65(74)59-56-53-50-47-44-41-38-35-33-31-29-26-23-20-17-14-11-8-5-2/h8-9,11-12,17-18,20-21,26-27,29,33,35-36,41,43-44,46,50,52-53,55,62,66-69,71,75-76H,4-7,10,13-16,19,22-25,28,30-32,34,37-40,42,45,47-49,51,54,56-61H2,1-3H3,(H,77,78)/b11-8-,12-9-,20-17-,21-18-,29-26-,35-33-,36-27-,44-41-,46-43-,53-50-,55-52-. The van der Waals surface area contributed by atoms with Crippen molar-refractivity contribution < 1.29 is 58.2 Å². The molecule has 1 rings (SSSR count). The topological polar surface area (TPSA) is 175 Å². The molecule has 6 unspecified atom stereocenters. The van der Waals surface area contributed by atoms with Crippen molar-refractivity contribution in [1.29, 1.82) is 0 Å². The predicted octanol–water partition coefficient (Wildman–Crippen LogP) is 17.3. The van der Waals surface area contributed by atoms with Gasteiger partial charge in [0, 0.05) is 12.8 Å². The third kappa shape index (κ3) is 46.9. The third-order valence-corrected chi connectivity index (χ3v) is 13.8. The lowest BCUT2D eigenvalue weighted by molar-refractivity contribution is -0.301. The molecule has 468 valence electrons. The van der Waals surface area contributed by atoms with Gasteiger partial charge in [-0.25, -0.2) is 4.79 Å². The highest BCUT2D eigenvalue weighted by Gasteiger charge is 2.50. The number of ether oxygens (including phenoxy) is 5. The molecule has 0 bridgehead atoms. The maximum Gasteiger partial charge on any atom is 0.335 e. The Morgan fingerprint density at radius 2 is 0.795 bits per heavy atom. The molecule has 1 aliphatic heterocycles. The number of carbonyl (C=O) groups excluding carboxylic acids is 3. The van der Waals surface area contributed by atoms with Crippen LogP contribution in [0.1, 0.15) is 239 Å². The molecule has 83 heavy (non-hydrogen) atoms. The Balaban J connectivity index is 2.74. The van der Waals surface area contributed by atoms with Crippen LogP contribution in [-0.2, 0) is 42.9 Å². The Hall–Kier alpha value is -5.14. The number of carboxylic acids is 1. The Morgan fingerprint density at radius 1 is 0.422 bits per heavy atom. The molecule has 0 amide bonds. The fourth-order valence-corrected chi connectivity index (χ4v) is 8.94. The highest BCUT2D eigenvalue weighted by atomic mass is 16.7. The number of hydrogen-bond acceptors (Lipinski definition) is 11. The first-order chi connectivity index (χ1) is 40.6. The number of hydrogen-bond donors (Lipinski definition) is 3. The molecule has 1 fully saturated rings. The van der Waals surface area contributed by atoms with E-state index in [4.69, 9.17) is 23.7 Å². The van der Waals surface area contributed by atoms with Crippen LogP contribution in [0.15, 0.2) is 134 Å². The number of rotatable bonds is 53. The van der Waals surface area contributed by atoms with E-state index >= 15 is 0 Å². The zero-order chi connectivity index (χ0) is 60.3. The van der Waals surface area contributed by atoms with E-state index in [1.165, 1.54) is 96.3 Å². The summed E-state index contributed by atoms with van der Waals surface area (Å²) in [5, 5.41) is 31.5. The lowest BCUT2D eigenvalue weighted by atomic mass is 9.98. The number of carboxylic acid groups (broad SMARTS) is 1. The SMILES string of the molecule is CC/C=C\C/C=C\C/C=C\C/C=C\C/C=C\C/C=C\CCC(=O)OC1C(OCC(COC(=O)CCCCCCCCCCCCCCCCCCCCC)OC(=O)C/C=C\C/C=C\C/C=C\C/C=C\C/C=C\CC)OC(C(=O)O)C(O)C1O. The summed E-state index contributed by atoms with van der Waals surface area (Å²) in [6, 6.07) is 0. The summed E-state index contributed by atoms with van der Waals surface area (Å²) in [7, 11) is 0. The van der Waals surface area contributed by atoms with Crippen molar-refractivity contribution >= 4 is 23.9 Å². The molecule has 0 aliphatic carbocycles. The second kappa shape index (κ2) is 57.3. The van der Waals surface area contributed by atoms with E-state index in [0.29, 0.717) is 25.7 Å². The number of unbranched alkanes of at least 4 members (excludes halogenated alkanes) is 18. The first-order valence-corrected chi connectivity index (χ1v) is 32.2. The van der Waals surface area contributed by atoms with Crippen LogP contribution in [0.3, 0.4) is 0 Å². The molecule has 6 atom stereocenters. The van der Waals surface area contributed by atoms with Gasteiger partial charge < -0.3 is 39.0 Å². The minimum Gasteiger partial charge on any atom is -0.479 e. The van der Waals surface area contributed by atoms with Gasteiger partial charge >= 0.3 is 23.9 Å². The summed E-state index contributed by atoms with van der Waals surface area (Å²) >= 11 is 0. The van der Waals surface area contributed by atoms with E-state index in [2.05, 4.69) is 112 Å². The summed E-state index contributed by atoms with van der Waals surface area (Å²) in [6.07, 6.45) is 68.9. The van der Waals surface area contributed by atoms with Gasteiger partial charge in [-0.1, -0.05) is 270 Å². The first-order valence-electron chi connectivity index (χ1n) is 32.2. The van der Waals surface area contributed by atoms with Crippen molar-refractivity contribution in [3.63, 3.8) is 0 Å². The Labute approximate surface area is 502 Å². The second-order valence-corrected chi connectivity index (χ2v) is 21.3. The van der Waals surface area contributed by atoms with Gasteiger partial charge in [0.1, 0.15) is 18.8 Å². The van der Waals surface area contributed by atoms with Gasteiger partial charge in [0.15, 0.2) is 24.6 Å². The molecule has 12 heteroatoms. The molecule has 0 saturated carbocycles. The van der Waals surface area contributed by atoms with E-state index < -0.39 is 67.3 Å². The van der Waals surface area contributed by atoms with E-state index in [1.54, 1.807) is 6.08 Å². The van der Waals surface area contributed by atoms with Crippen molar-refractivity contribution in [1.82, 2.24) is 0 Å². The van der Waals surface area contributed by atoms with Gasteiger partial charge in [-0.3, -0.25) is 14.4 Å². The molecule has 12 nitrogen and oxygen atoms in total. The molecule has 1 heterocycles. The van der Waals surface area contributed by atoms with Crippen LogP contribution in [0.25, 0.3) is 0 Å². The molecule has 1 saturated heterocycles. The minimum absolute atomic E-state index is 0.0813. The van der Waals surface area contributed by atoms with Crippen molar-refractivity contribution in [2.75, 3.05) is 13.2 Å². The Bertz CT molecular complexity index is 1950. The molecule has 0 radical (unpaired) electrons. The number of carbonyl (C=O) groups is 4. The lowest BCUT2D eigenvalue weighted by Crippen LogP contribution is -2.61. The lowest BCUT2D eigenvalue weighted by Gasteiger charge is -2.40. The van der Waals surface area contributed by atoms with Crippen molar-refractivity contribution in [2.45, 2.75) is 276 Å². The van der Waals surface area contributed by atoms with E-state index in [0.717, 1.165) is 77.0 Å². The number of aliphatic hydroxyl groups excluding tert-OH is 2. The molecule has 0 aromatic heterocycles. The van der Waals surface area contributed by atoms with Crippen LogP contribution in [0, 0.1) is 0 Å². The highest BCUT2D eigenvalue weighted by molar-refractivity contribution is 5.74. The molecule has 0 spiro atoms. The summed E-state index contributed by atoms with van der Waals surface area (Å²) in [6.45, 7) is 5.67. The van der Waals surface area contributed by atoms with Crippen LogP contribution in [0.4, 0.5) is 0 Å². The second-order valence-electron chi connectivity index (χ2n) is 21.3. The van der Waals surface area contributed by atoms with Gasteiger partial charge in [0.2, 0.25) is 0 Å². The largest absolute Gasteiger partial charge is 0.479 e. The molecule has 3 N–H and O–H groups in total. The Morgan fingerprint density at radius 3 is 1.19 bits per heavy atom. The number of aliphatic hydroxyl groups is 2. The van der Waals surface area contributed by atoms with E-state index in [9.17, 15) is 34.5 Å². The summed E-state index contributed by atoms with van der Waals surface area (Å²) in [5.74, 6) is -3.41. The maximum absolute atomic E-state index is 13.1. The quantitative estimate of drug-likeness (QED) is 0.0228. The Kier molecular flexibility index (Phi) is 52.4. The third-order valence-electron chi connectivity index (χ3n) is 13.8. The molecule has 0 aromatic carbocycles. The number of esters is 3.